The molecule has 0 radical (unpaired) electrons. The Labute approximate surface area is 149 Å². The fourth-order valence-corrected chi connectivity index (χ4v) is 4.12. The molecule has 2 heterocycles. The van der Waals surface area contributed by atoms with Crippen LogP contribution in [0, 0.1) is 5.41 Å². The summed E-state index contributed by atoms with van der Waals surface area (Å²) in [6.07, 6.45) is 4.00. The Kier molecular flexibility index (Phi) is 5.30. The van der Waals surface area contributed by atoms with Crippen LogP contribution in [0.5, 0.6) is 5.75 Å². The van der Waals surface area contributed by atoms with Crippen LogP contribution < -0.4 is 4.74 Å². The molecule has 2 saturated heterocycles. The van der Waals surface area contributed by atoms with Crippen LogP contribution in [0.4, 0.5) is 0 Å². The van der Waals surface area contributed by atoms with Gasteiger partial charge in [0.2, 0.25) is 11.8 Å². The summed E-state index contributed by atoms with van der Waals surface area (Å²) < 4.78 is 5.16. The highest BCUT2D eigenvalue weighted by Crippen LogP contribution is 2.40. The average molecular weight is 344 g/mol. The van der Waals surface area contributed by atoms with Gasteiger partial charge in [-0.2, -0.15) is 0 Å². The number of hydrogen-bond acceptors (Lipinski definition) is 3. The van der Waals surface area contributed by atoms with E-state index in [-0.39, 0.29) is 17.2 Å². The van der Waals surface area contributed by atoms with Gasteiger partial charge in [-0.05, 0) is 50.3 Å². The zero-order valence-corrected chi connectivity index (χ0v) is 15.3. The van der Waals surface area contributed by atoms with Gasteiger partial charge < -0.3 is 14.5 Å². The third kappa shape index (κ3) is 3.65. The summed E-state index contributed by atoms with van der Waals surface area (Å²) in [6.45, 7) is 4.98. The molecule has 1 aromatic rings. The summed E-state index contributed by atoms with van der Waals surface area (Å²) in [5.41, 5.74) is 0.818. The van der Waals surface area contributed by atoms with Gasteiger partial charge in [0.15, 0.2) is 0 Å². The zero-order chi connectivity index (χ0) is 17.9. The minimum absolute atomic E-state index is 0.161. The van der Waals surface area contributed by atoms with Crippen LogP contribution >= 0.6 is 0 Å². The molecule has 5 nitrogen and oxygen atoms in total. The molecular formula is C20H28N2O3. The standard InChI is InChI=1S/C20H28N2O3/c1-3-21-13-4-11-20(19(21)24)12-14-22(15-20)18(23)10-7-16-5-8-17(25-2)9-6-16/h5-6,8-9H,3-4,7,10-15H2,1-2H3. The van der Waals surface area contributed by atoms with Gasteiger partial charge in [0, 0.05) is 32.6 Å². The number of methoxy groups -OCH3 is 1. The topological polar surface area (TPSA) is 49.9 Å². The highest BCUT2D eigenvalue weighted by molar-refractivity contribution is 5.86. The second-order valence-corrected chi connectivity index (χ2v) is 7.18. The van der Waals surface area contributed by atoms with Crippen molar-refractivity contribution in [2.45, 2.75) is 39.0 Å². The Hall–Kier alpha value is -2.04. The van der Waals surface area contributed by atoms with Crippen molar-refractivity contribution < 1.29 is 14.3 Å². The average Bonchev–Trinajstić information content (AvgIpc) is 3.08. The van der Waals surface area contributed by atoms with Crippen molar-refractivity contribution in [1.82, 2.24) is 9.80 Å². The monoisotopic (exact) mass is 344 g/mol. The van der Waals surface area contributed by atoms with Crippen LogP contribution in [0.2, 0.25) is 0 Å². The van der Waals surface area contributed by atoms with E-state index in [1.54, 1.807) is 7.11 Å². The Bertz CT molecular complexity index is 628. The normalized spacial score (nSPS) is 23.4. The SMILES string of the molecule is CCN1CCCC2(CCN(C(=O)CCc3ccc(OC)cc3)C2)C1=O. The van der Waals surface area contributed by atoms with Gasteiger partial charge in [-0.1, -0.05) is 12.1 Å². The molecule has 2 aliphatic heterocycles. The first-order valence-corrected chi connectivity index (χ1v) is 9.28. The smallest absolute Gasteiger partial charge is 0.230 e. The van der Waals surface area contributed by atoms with Crippen LogP contribution in [-0.4, -0.2) is 54.9 Å². The number of likely N-dealkylation sites (tertiary alicyclic amines) is 2. The Morgan fingerprint density at radius 2 is 1.96 bits per heavy atom. The van der Waals surface area contributed by atoms with Gasteiger partial charge in [0.05, 0.1) is 12.5 Å². The number of nitrogens with zero attached hydrogens (tertiary/aromatic N) is 2. The van der Waals surface area contributed by atoms with E-state index in [2.05, 4.69) is 0 Å². The molecule has 25 heavy (non-hydrogen) atoms. The lowest BCUT2D eigenvalue weighted by molar-refractivity contribution is -0.145. The largest absolute Gasteiger partial charge is 0.497 e. The van der Waals surface area contributed by atoms with E-state index in [1.165, 1.54) is 0 Å². The minimum atomic E-state index is -0.315. The van der Waals surface area contributed by atoms with E-state index in [4.69, 9.17) is 4.74 Å². The van der Waals surface area contributed by atoms with Crippen LogP contribution in [0.25, 0.3) is 0 Å². The third-order valence-corrected chi connectivity index (χ3v) is 5.70. The van der Waals surface area contributed by atoms with Crippen LogP contribution in [0.15, 0.2) is 24.3 Å². The van der Waals surface area contributed by atoms with E-state index in [0.29, 0.717) is 19.5 Å². The van der Waals surface area contributed by atoms with Crippen molar-refractivity contribution in [1.29, 1.82) is 0 Å². The number of carbonyl (C=O) groups is 2. The highest BCUT2D eigenvalue weighted by atomic mass is 16.5. The summed E-state index contributed by atoms with van der Waals surface area (Å²) in [5.74, 6) is 1.24. The minimum Gasteiger partial charge on any atom is -0.497 e. The van der Waals surface area contributed by atoms with Crippen molar-refractivity contribution in [3.8, 4) is 5.75 Å². The molecule has 0 saturated carbocycles. The van der Waals surface area contributed by atoms with Crippen LogP contribution in [0.3, 0.4) is 0 Å². The fourth-order valence-electron chi connectivity index (χ4n) is 4.12. The summed E-state index contributed by atoms with van der Waals surface area (Å²) >= 11 is 0. The first-order chi connectivity index (χ1) is 12.1. The Morgan fingerprint density at radius 1 is 1.20 bits per heavy atom. The number of piperidine rings is 1. The van der Waals surface area contributed by atoms with Gasteiger partial charge >= 0.3 is 0 Å². The molecule has 1 spiro atoms. The van der Waals surface area contributed by atoms with Crippen LogP contribution in [0.1, 0.15) is 38.2 Å². The summed E-state index contributed by atoms with van der Waals surface area (Å²) in [4.78, 5) is 29.2. The quantitative estimate of drug-likeness (QED) is 0.825. The number of rotatable bonds is 5. The Morgan fingerprint density at radius 3 is 2.64 bits per heavy atom. The first kappa shape index (κ1) is 17.8. The van der Waals surface area contributed by atoms with Gasteiger partial charge in [-0.15, -0.1) is 0 Å². The van der Waals surface area contributed by atoms with Crippen molar-refractivity contribution in [3.63, 3.8) is 0 Å². The molecule has 2 amide bonds. The van der Waals surface area contributed by atoms with Crippen molar-refractivity contribution >= 4 is 11.8 Å². The number of hydrogen-bond donors (Lipinski definition) is 0. The van der Waals surface area contributed by atoms with E-state index >= 15 is 0 Å². The van der Waals surface area contributed by atoms with E-state index in [0.717, 1.165) is 50.1 Å². The van der Waals surface area contributed by atoms with Crippen LogP contribution in [-0.2, 0) is 16.0 Å². The van der Waals surface area contributed by atoms with Crippen molar-refractivity contribution in [2.24, 2.45) is 5.41 Å². The summed E-state index contributed by atoms with van der Waals surface area (Å²) in [7, 11) is 1.65. The molecule has 0 N–H and O–H groups in total. The third-order valence-electron chi connectivity index (χ3n) is 5.70. The lowest BCUT2D eigenvalue weighted by atomic mass is 9.78. The number of carbonyl (C=O) groups excluding carboxylic acids is 2. The number of amides is 2. The lowest BCUT2D eigenvalue weighted by Gasteiger charge is -2.38. The number of aryl methyl sites for hydroxylation is 1. The van der Waals surface area contributed by atoms with Gasteiger partial charge in [-0.3, -0.25) is 9.59 Å². The van der Waals surface area contributed by atoms with Crippen molar-refractivity contribution in [3.05, 3.63) is 29.8 Å². The Balaban J connectivity index is 1.56. The predicted octanol–water partition coefficient (Wildman–Crippen LogP) is 2.49. The van der Waals surface area contributed by atoms with Gasteiger partial charge in [-0.25, -0.2) is 0 Å². The molecule has 0 aliphatic carbocycles. The van der Waals surface area contributed by atoms with Gasteiger partial charge in [0.1, 0.15) is 5.75 Å². The van der Waals surface area contributed by atoms with E-state index in [9.17, 15) is 9.59 Å². The molecule has 1 aromatic carbocycles. The van der Waals surface area contributed by atoms with Crippen molar-refractivity contribution in [2.75, 3.05) is 33.3 Å². The highest BCUT2D eigenvalue weighted by Gasteiger charge is 2.48. The second kappa shape index (κ2) is 7.46. The second-order valence-electron chi connectivity index (χ2n) is 7.18. The molecule has 136 valence electrons. The molecule has 0 aromatic heterocycles. The molecule has 0 bridgehead atoms. The molecular weight excluding hydrogens is 316 g/mol. The maximum absolute atomic E-state index is 12.8. The summed E-state index contributed by atoms with van der Waals surface area (Å²) in [6, 6.07) is 7.85. The predicted molar refractivity (Wildman–Crippen MR) is 96.4 cm³/mol. The molecule has 1 unspecified atom stereocenters. The van der Waals surface area contributed by atoms with E-state index in [1.807, 2.05) is 41.0 Å². The molecule has 3 rings (SSSR count). The molecule has 1 atom stereocenters. The maximum Gasteiger partial charge on any atom is 0.230 e. The summed E-state index contributed by atoms with van der Waals surface area (Å²) in [5, 5.41) is 0. The fraction of sp³-hybridized carbons (Fsp3) is 0.600. The number of ether oxygens (including phenoxy) is 1. The van der Waals surface area contributed by atoms with Gasteiger partial charge in [0.25, 0.3) is 0 Å². The lowest BCUT2D eigenvalue weighted by Crippen LogP contribution is -2.50. The van der Waals surface area contributed by atoms with E-state index < -0.39 is 0 Å². The molecule has 5 heteroatoms. The first-order valence-electron chi connectivity index (χ1n) is 9.28. The maximum atomic E-state index is 12.8. The molecule has 2 aliphatic rings. The number of benzene rings is 1. The molecule has 2 fully saturated rings. The zero-order valence-electron chi connectivity index (χ0n) is 15.3.